The lowest BCUT2D eigenvalue weighted by Gasteiger charge is -2.31. The smallest absolute Gasteiger partial charge is 0.138 e. The van der Waals surface area contributed by atoms with Crippen molar-refractivity contribution in [2.75, 3.05) is 5.75 Å². The molecule has 0 bridgehead atoms. The van der Waals surface area contributed by atoms with Gasteiger partial charge in [-0.1, -0.05) is 24.9 Å². The molecule has 1 aliphatic rings. The summed E-state index contributed by atoms with van der Waals surface area (Å²) in [5.41, 5.74) is 2.10. The van der Waals surface area contributed by atoms with Crippen molar-refractivity contribution < 1.29 is 8.73 Å². The van der Waals surface area contributed by atoms with Gasteiger partial charge in [0, 0.05) is 34.7 Å². The van der Waals surface area contributed by atoms with Crippen molar-refractivity contribution in [1.82, 2.24) is 10.5 Å². The number of aromatic nitrogens is 1. The van der Waals surface area contributed by atoms with Gasteiger partial charge in [-0.05, 0) is 26.7 Å². The number of aryl methyl sites for hydroxylation is 2. The van der Waals surface area contributed by atoms with Crippen LogP contribution < -0.4 is 5.32 Å². The molecule has 1 aromatic rings. The highest BCUT2D eigenvalue weighted by Gasteiger charge is 2.29. The predicted molar refractivity (Wildman–Crippen MR) is 77.5 cm³/mol. The molecule has 0 saturated heterocycles. The van der Waals surface area contributed by atoms with Crippen LogP contribution in [0.2, 0.25) is 0 Å². The van der Waals surface area contributed by atoms with E-state index in [1.807, 2.05) is 20.8 Å². The number of rotatable bonds is 5. The number of nitrogens with zero attached hydrogens (tertiary/aromatic N) is 1. The average molecular weight is 284 g/mol. The van der Waals surface area contributed by atoms with Crippen molar-refractivity contribution in [2.45, 2.75) is 64.3 Å². The van der Waals surface area contributed by atoms with E-state index in [1.54, 1.807) is 0 Å². The summed E-state index contributed by atoms with van der Waals surface area (Å²) in [6.45, 7) is 6.69. The van der Waals surface area contributed by atoms with Crippen LogP contribution in [0.1, 0.15) is 49.6 Å². The lowest BCUT2D eigenvalue weighted by Crippen LogP contribution is -2.44. The molecular weight excluding hydrogens is 260 g/mol. The molecule has 108 valence electrons. The Labute approximate surface area is 117 Å². The molecule has 1 N–H and O–H groups in total. The Kier molecular flexibility index (Phi) is 5.16. The highest BCUT2D eigenvalue weighted by atomic mass is 32.2. The molecule has 0 amide bonds. The Morgan fingerprint density at radius 2 is 2.11 bits per heavy atom. The van der Waals surface area contributed by atoms with Crippen LogP contribution in [0.5, 0.6) is 0 Å². The maximum Gasteiger partial charge on any atom is 0.138 e. The van der Waals surface area contributed by atoms with Crippen LogP contribution in [-0.2, 0) is 17.3 Å². The molecule has 0 aliphatic heterocycles. The van der Waals surface area contributed by atoms with Gasteiger partial charge in [0.2, 0.25) is 0 Å². The summed E-state index contributed by atoms with van der Waals surface area (Å²) in [4.78, 5) is 0. The topological polar surface area (TPSA) is 55.1 Å². The van der Waals surface area contributed by atoms with Crippen LogP contribution in [0, 0.1) is 13.8 Å². The molecule has 1 heterocycles. The summed E-state index contributed by atoms with van der Waals surface area (Å²) in [7, 11) is -0.704. The van der Waals surface area contributed by atoms with E-state index in [0.29, 0.717) is 11.3 Å². The van der Waals surface area contributed by atoms with Crippen molar-refractivity contribution in [3.63, 3.8) is 0 Å². The third kappa shape index (κ3) is 3.45. The van der Waals surface area contributed by atoms with Gasteiger partial charge in [-0.15, -0.1) is 0 Å². The van der Waals surface area contributed by atoms with Crippen molar-refractivity contribution in [3.8, 4) is 0 Å². The molecule has 4 nitrogen and oxygen atoms in total. The number of hydrogen-bond donors (Lipinski definition) is 1. The fourth-order valence-electron chi connectivity index (χ4n) is 2.85. The fraction of sp³-hybridized carbons (Fsp3) is 0.786. The van der Waals surface area contributed by atoms with Crippen LogP contribution in [0.25, 0.3) is 0 Å². The van der Waals surface area contributed by atoms with Crippen LogP contribution in [0.4, 0.5) is 0 Å². The zero-order valence-electron chi connectivity index (χ0n) is 12.1. The monoisotopic (exact) mass is 284 g/mol. The minimum atomic E-state index is -0.704. The summed E-state index contributed by atoms with van der Waals surface area (Å²) in [6, 6.07) is 0.364. The molecule has 0 spiro atoms. The third-order valence-electron chi connectivity index (χ3n) is 4.05. The molecule has 3 atom stereocenters. The fourth-order valence-corrected chi connectivity index (χ4v) is 4.30. The first kappa shape index (κ1) is 14.7. The van der Waals surface area contributed by atoms with Crippen LogP contribution in [-0.4, -0.2) is 26.4 Å². The molecule has 0 aromatic carbocycles. The standard InChI is InChI=1S/C14H24N2O2S/c1-4-19(17)14-8-6-5-7-13(14)15-9-12-10(2)16-18-11(12)3/h13-15H,4-9H2,1-3H3/t13-,14+,19+/m0/s1. The summed E-state index contributed by atoms with van der Waals surface area (Å²) >= 11 is 0. The SMILES string of the molecule is CC[S@@](=O)[C@@H]1CCCC[C@@H]1NCc1c(C)noc1C. The van der Waals surface area contributed by atoms with Gasteiger partial charge in [-0.3, -0.25) is 4.21 Å². The van der Waals surface area contributed by atoms with Crippen molar-refractivity contribution >= 4 is 10.8 Å². The molecule has 0 radical (unpaired) electrons. The molecule has 1 aromatic heterocycles. The molecule has 1 aliphatic carbocycles. The van der Waals surface area contributed by atoms with Crippen LogP contribution in [0.3, 0.4) is 0 Å². The zero-order chi connectivity index (χ0) is 13.8. The first-order valence-corrected chi connectivity index (χ1v) is 8.54. The minimum Gasteiger partial charge on any atom is -0.361 e. The molecule has 0 unspecified atom stereocenters. The largest absolute Gasteiger partial charge is 0.361 e. The van der Waals surface area contributed by atoms with E-state index in [-0.39, 0.29) is 0 Å². The van der Waals surface area contributed by atoms with E-state index >= 15 is 0 Å². The van der Waals surface area contributed by atoms with Gasteiger partial charge < -0.3 is 9.84 Å². The lowest BCUT2D eigenvalue weighted by atomic mass is 9.94. The highest BCUT2D eigenvalue weighted by molar-refractivity contribution is 7.85. The number of nitrogens with one attached hydrogen (secondary N) is 1. The van der Waals surface area contributed by atoms with E-state index in [9.17, 15) is 4.21 Å². The first-order valence-electron chi connectivity index (χ1n) is 7.15. The maximum atomic E-state index is 12.1. The molecule has 2 rings (SSSR count). The van der Waals surface area contributed by atoms with Gasteiger partial charge in [-0.2, -0.15) is 0 Å². The van der Waals surface area contributed by atoms with Gasteiger partial charge in [0.15, 0.2) is 0 Å². The zero-order valence-corrected chi connectivity index (χ0v) is 12.9. The predicted octanol–water partition coefficient (Wildman–Crippen LogP) is 2.46. The highest BCUT2D eigenvalue weighted by Crippen LogP contribution is 2.24. The van der Waals surface area contributed by atoms with Crippen LogP contribution in [0.15, 0.2) is 4.52 Å². The van der Waals surface area contributed by atoms with E-state index in [1.165, 1.54) is 12.8 Å². The molecule has 5 heteroatoms. The first-order chi connectivity index (χ1) is 9.13. The minimum absolute atomic E-state index is 0.305. The molecule has 19 heavy (non-hydrogen) atoms. The van der Waals surface area contributed by atoms with Crippen LogP contribution >= 0.6 is 0 Å². The summed E-state index contributed by atoms with van der Waals surface area (Å²) < 4.78 is 17.3. The van der Waals surface area contributed by atoms with Gasteiger partial charge >= 0.3 is 0 Å². The maximum absolute atomic E-state index is 12.1. The van der Waals surface area contributed by atoms with E-state index < -0.39 is 10.8 Å². The molecule has 1 saturated carbocycles. The lowest BCUT2D eigenvalue weighted by molar-refractivity contribution is 0.373. The second kappa shape index (κ2) is 6.66. The Morgan fingerprint density at radius 3 is 2.74 bits per heavy atom. The van der Waals surface area contributed by atoms with Crippen molar-refractivity contribution in [3.05, 3.63) is 17.0 Å². The second-order valence-electron chi connectivity index (χ2n) is 5.28. The van der Waals surface area contributed by atoms with Gasteiger partial charge in [0.1, 0.15) is 5.76 Å². The Balaban J connectivity index is 1.98. The summed E-state index contributed by atoms with van der Waals surface area (Å²) in [6.07, 6.45) is 4.65. The number of hydrogen-bond acceptors (Lipinski definition) is 4. The van der Waals surface area contributed by atoms with Gasteiger partial charge in [0.05, 0.1) is 10.9 Å². The Morgan fingerprint density at radius 1 is 1.37 bits per heavy atom. The Hall–Kier alpha value is -0.680. The normalized spacial score (nSPS) is 25.4. The van der Waals surface area contributed by atoms with Crippen molar-refractivity contribution in [2.24, 2.45) is 0 Å². The third-order valence-corrected chi connectivity index (χ3v) is 5.86. The average Bonchev–Trinajstić information content (AvgIpc) is 2.75. The van der Waals surface area contributed by atoms with E-state index in [2.05, 4.69) is 10.5 Å². The van der Waals surface area contributed by atoms with Gasteiger partial charge in [0.25, 0.3) is 0 Å². The quantitative estimate of drug-likeness (QED) is 0.902. The van der Waals surface area contributed by atoms with E-state index in [0.717, 1.165) is 42.2 Å². The molecular formula is C14H24N2O2S. The van der Waals surface area contributed by atoms with Crippen molar-refractivity contribution in [1.29, 1.82) is 0 Å². The Bertz CT molecular complexity index is 425. The summed E-state index contributed by atoms with van der Waals surface area (Å²) in [5, 5.41) is 7.86. The second-order valence-corrected chi connectivity index (χ2v) is 7.23. The summed E-state index contributed by atoms with van der Waals surface area (Å²) in [5.74, 6) is 1.64. The molecule has 1 fully saturated rings. The van der Waals surface area contributed by atoms with E-state index in [4.69, 9.17) is 4.52 Å². The van der Waals surface area contributed by atoms with Gasteiger partial charge in [-0.25, -0.2) is 0 Å².